The number of anilines is 2. The molecule has 0 saturated heterocycles. The Labute approximate surface area is 173 Å². The van der Waals surface area contributed by atoms with Crippen LogP contribution in [-0.4, -0.2) is 26.9 Å². The van der Waals surface area contributed by atoms with E-state index in [1.165, 1.54) is 11.8 Å². The van der Waals surface area contributed by atoms with Crippen molar-refractivity contribution in [3.8, 4) is 0 Å². The van der Waals surface area contributed by atoms with E-state index in [1.807, 2.05) is 6.07 Å². The van der Waals surface area contributed by atoms with E-state index in [9.17, 15) is 18.0 Å². The summed E-state index contributed by atoms with van der Waals surface area (Å²) in [6, 6.07) is 13.6. The number of benzene rings is 1. The van der Waals surface area contributed by atoms with Crippen LogP contribution in [0.5, 0.6) is 0 Å². The lowest BCUT2D eigenvalue weighted by molar-refractivity contribution is -0.151. The van der Waals surface area contributed by atoms with Crippen LogP contribution in [0.2, 0.25) is 5.15 Å². The quantitative estimate of drug-likeness (QED) is 0.389. The first-order valence-electron chi connectivity index (χ1n) is 8.35. The molecule has 0 aliphatic heterocycles. The van der Waals surface area contributed by atoms with Gasteiger partial charge in [-0.15, -0.1) is 0 Å². The van der Waals surface area contributed by atoms with Crippen LogP contribution in [0.3, 0.4) is 0 Å². The zero-order valence-electron chi connectivity index (χ0n) is 14.8. The topological polar surface area (TPSA) is 67.8 Å². The summed E-state index contributed by atoms with van der Waals surface area (Å²) in [6.45, 7) is 0. The number of rotatable bonds is 7. The summed E-state index contributed by atoms with van der Waals surface area (Å²) in [4.78, 5) is 24.9. The van der Waals surface area contributed by atoms with Crippen LogP contribution in [0.4, 0.5) is 24.8 Å². The lowest BCUT2D eigenvalue weighted by Crippen LogP contribution is -2.16. The summed E-state index contributed by atoms with van der Waals surface area (Å²) in [6.07, 6.45) is -4.54. The van der Waals surface area contributed by atoms with E-state index in [2.05, 4.69) is 20.3 Å². The maximum atomic E-state index is 12.3. The van der Waals surface area contributed by atoms with Gasteiger partial charge in [-0.05, 0) is 41.6 Å². The van der Waals surface area contributed by atoms with Crippen molar-refractivity contribution in [3.05, 3.63) is 65.4 Å². The molecule has 0 bridgehead atoms. The van der Waals surface area contributed by atoms with Crippen molar-refractivity contribution in [3.63, 3.8) is 0 Å². The number of nitrogens with zero attached hydrogens (tertiary/aromatic N) is 3. The zero-order valence-corrected chi connectivity index (χ0v) is 16.4. The molecule has 0 amide bonds. The number of aromatic nitrogens is 3. The summed E-state index contributed by atoms with van der Waals surface area (Å²) in [7, 11) is 0. The zero-order chi connectivity index (χ0) is 20.9. The highest BCUT2D eigenvalue weighted by molar-refractivity contribution is 7.99. The standard InChI is InChI=1S/C19H14ClF3N4OS/c20-15-10-17(26-16-3-1-2-8-24-16)27-18(25-15)29-14-6-4-12(5-7-14)9-13(28)11-19(21,22)23/h1-8,10H,9,11H2,(H,24,25,26,27). The number of carbonyl (C=O) groups excluding carboxylic acids is 1. The molecule has 10 heteroatoms. The second kappa shape index (κ2) is 9.23. The molecule has 0 atom stereocenters. The van der Waals surface area contributed by atoms with Crippen LogP contribution in [0, 0.1) is 0 Å². The van der Waals surface area contributed by atoms with E-state index < -0.39 is 18.4 Å². The van der Waals surface area contributed by atoms with Crippen LogP contribution in [0.1, 0.15) is 12.0 Å². The average molecular weight is 439 g/mol. The van der Waals surface area contributed by atoms with Crippen molar-refractivity contribution in [1.82, 2.24) is 15.0 Å². The first-order chi connectivity index (χ1) is 13.8. The summed E-state index contributed by atoms with van der Waals surface area (Å²) < 4.78 is 36.8. The first kappa shape index (κ1) is 21.1. The minimum Gasteiger partial charge on any atom is -0.325 e. The van der Waals surface area contributed by atoms with Crippen LogP contribution in [0.15, 0.2) is 64.8 Å². The molecule has 1 N–H and O–H groups in total. The fraction of sp³-hybridized carbons (Fsp3) is 0.158. The van der Waals surface area contributed by atoms with Crippen LogP contribution in [0.25, 0.3) is 0 Å². The molecule has 5 nitrogen and oxygen atoms in total. The highest BCUT2D eigenvalue weighted by atomic mass is 35.5. The second-order valence-electron chi connectivity index (χ2n) is 5.95. The third kappa shape index (κ3) is 7.03. The summed E-state index contributed by atoms with van der Waals surface area (Å²) in [5, 5.41) is 3.66. The van der Waals surface area contributed by atoms with Crippen molar-refractivity contribution >= 4 is 40.8 Å². The third-order valence-corrected chi connectivity index (χ3v) is 4.59. The number of pyridine rings is 1. The number of hydrogen-bond donors (Lipinski definition) is 1. The van der Waals surface area contributed by atoms with E-state index in [4.69, 9.17) is 11.6 Å². The predicted octanol–water partition coefficient (Wildman–Crippen LogP) is 5.48. The van der Waals surface area contributed by atoms with Crippen molar-refractivity contribution in [1.29, 1.82) is 0 Å². The van der Waals surface area contributed by atoms with Gasteiger partial charge in [-0.1, -0.05) is 29.8 Å². The van der Waals surface area contributed by atoms with E-state index in [0.717, 1.165) is 4.90 Å². The monoisotopic (exact) mass is 438 g/mol. The molecule has 2 aromatic heterocycles. The van der Waals surface area contributed by atoms with Crippen LogP contribution < -0.4 is 5.32 Å². The van der Waals surface area contributed by atoms with Crippen molar-refractivity contribution in [2.45, 2.75) is 29.1 Å². The van der Waals surface area contributed by atoms with Gasteiger partial charge in [0.2, 0.25) is 0 Å². The number of carbonyl (C=O) groups is 1. The van der Waals surface area contributed by atoms with Gasteiger partial charge in [0.05, 0.1) is 0 Å². The molecule has 0 aliphatic carbocycles. The van der Waals surface area contributed by atoms with Gasteiger partial charge in [0, 0.05) is 23.6 Å². The summed E-state index contributed by atoms with van der Waals surface area (Å²) in [5.74, 6) is 0.202. The Balaban J connectivity index is 1.66. The molecule has 29 heavy (non-hydrogen) atoms. The van der Waals surface area contributed by atoms with Gasteiger partial charge in [0.1, 0.15) is 29.0 Å². The molecule has 0 aliphatic rings. The van der Waals surface area contributed by atoms with Gasteiger partial charge in [0.15, 0.2) is 5.16 Å². The normalized spacial score (nSPS) is 11.3. The van der Waals surface area contributed by atoms with Gasteiger partial charge in [-0.3, -0.25) is 4.79 Å². The SMILES string of the molecule is O=C(Cc1ccc(Sc2nc(Cl)cc(Nc3ccccn3)n2)cc1)CC(F)(F)F. The second-order valence-corrected chi connectivity index (χ2v) is 7.38. The minimum atomic E-state index is -4.49. The van der Waals surface area contributed by atoms with Gasteiger partial charge >= 0.3 is 6.18 Å². The maximum Gasteiger partial charge on any atom is 0.395 e. The maximum absolute atomic E-state index is 12.3. The lowest BCUT2D eigenvalue weighted by Gasteiger charge is -2.08. The molecule has 2 heterocycles. The highest BCUT2D eigenvalue weighted by Crippen LogP contribution is 2.28. The van der Waals surface area contributed by atoms with Crippen molar-refractivity contribution in [2.24, 2.45) is 0 Å². The molecule has 3 aromatic rings. The molecule has 0 fully saturated rings. The Morgan fingerprint density at radius 1 is 1.07 bits per heavy atom. The van der Waals surface area contributed by atoms with Crippen LogP contribution in [-0.2, 0) is 11.2 Å². The molecule has 1 aromatic carbocycles. The smallest absolute Gasteiger partial charge is 0.325 e. The number of ketones is 1. The first-order valence-corrected chi connectivity index (χ1v) is 9.54. The van der Waals surface area contributed by atoms with E-state index >= 15 is 0 Å². The highest BCUT2D eigenvalue weighted by Gasteiger charge is 2.30. The number of alkyl halides is 3. The van der Waals surface area contributed by atoms with E-state index in [0.29, 0.717) is 22.4 Å². The molecule has 0 spiro atoms. The Morgan fingerprint density at radius 3 is 2.48 bits per heavy atom. The Hall–Kier alpha value is -2.65. The van der Waals surface area contributed by atoms with Gasteiger partial charge in [-0.25, -0.2) is 15.0 Å². The number of Topliss-reactive ketones (excluding diaryl/α,β-unsaturated/α-hetero) is 1. The van der Waals surface area contributed by atoms with Gasteiger partial charge < -0.3 is 5.32 Å². The van der Waals surface area contributed by atoms with E-state index in [-0.39, 0.29) is 11.6 Å². The van der Waals surface area contributed by atoms with Crippen LogP contribution >= 0.6 is 23.4 Å². The lowest BCUT2D eigenvalue weighted by atomic mass is 10.1. The summed E-state index contributed by atoms with van der Waals surface area (Å²) in [5.41, 5.74) is 0.508. The largest absolute Gasteiger partial charge is 0.395 e. The number of nitrogens with one attached hydrogen (secondary N) is 1. The molecule has 0 saturated carbocycles. The summed E-state index contributed by atoms with van der Waals surface area (Å²) >= 11 is 7.30. The Bertz CT molecular complexity index is 985. The molecular formula is C19H14ClF3N4OS. The molecule has 150 valence electrons. The third-order valence-electron chi connectivity index (χ3n) is 3.53. The van der Waals surface area contributed by atoms with Gasteiger partial charge in [-0.2, -0.15) is 13.2 Å². The number of hydrogen-bond acceptors (Lipinski definition) is 6. The number of halogens is 4. The van der Waals surface area contributed by atoms with Crippen molar-refractivity contribution in [2.75, 3.05) is 5.32 Å². The van der Waals surface area contributed by atoms with Gasteiger partial charge in [0.25, 0.3) is 0 Å². The minimum absolute atomic E-state index is 0.246. The molecule has 0 radical (unpaired) electrons. The molecule has 3 rings (SSSR count). The predicted molar refractivity (Wildman–Crippen MR) is 105 cm³/mol. The molecule has 0 unspecified atom stereocenters. The fourth-order valence-electron chi connectivity index (χ4n) is 2.37. The molecular weight excluding hydrogens is 425 g/mol. The fourth-order valence-corrected chi connectivity index (χ4v) is 3.37. The Kier molecular flexibility index (Phi) is 6.71. The average Bonchev–Trinajstić information content (AvgIpc) is 2.62. The Morgan fingerprint density at radius 2 is 1.83 bits per heavy atom. The van der Waals surface area contributed by atoms with E-state index in [1.54, 1.807) is 48.7 Å². The van der Waals surface area contributed by atoms with Crippen molar-refractivity contribution < 1.29 is 18.0 Å².